The first kappa shape index (κ1) is 23.5. The van der Waals surface area contributed by atoms with Crippen LogP contribution >= 0.6 is 0 Å². The van der Waals surface area contributed by atoms with Gasteiger partial charge in [0.15, 0.2) is 0 Å². The van der Waals surface area contributed by atoms with Gasteiger partial charge in [-0.15, -0.1) is 0 Å². The van der Waals surface area contributed by atoms with Gasteiger partial charge in [0.1, 0.15) is 12.1 Å². The normalized spacial score (nSPS) is 16.3. The molecule has 0 spiro atoms. The number of carbonyl (C=O) groups is 1. The van der Waals surface area contributed by atoms with E-state index in [0.29, 0.717) is 24.4 Å². The van der Waals surface area contributed by atoms with Crippen LogP contribution < -0.4 is 5.32 Å². The number of methoxy groups -OCH3 is 1. The molecule has 1 aliphatic heterocycles. The highest BCUT2D eigenvalue weighted by Crippen LogP contribution is 2.31. The van der Waals surface area contributed by atoms with Gasteiger partial charge in [-0.3, -0.25) is 9.69 Å². The number of nitrogens with one attached hydrogen (secondary N) is 2. The first-order chi connectivity index (χ1) is 18.1. The molecule has 0 unspecified atom stereocenters. The number of carbonyl (C=O) groups excluding carboxylic acids is 1. The lowest BCUT2D eigenvalue weighted by molar-refractivity contribution is -0.134. The van der Waals surface area contributed by atoms with Crippen molar-refractivity contribution in [2.45, 2.75) is 26.0 Å². The van der Waals surface area contributed by atoms with Gasteiger partial charge in [0, 0.05) is 57.5 Å². The zero-order chi connectivity index (χ0) is 25.2. The van der Waals surface area contributed by atoms with E-state index in [1.807, 2.05) is 41.4 Å². The molecule has 4 aromatic rings. The number of pyridine rings is 1. The SMILES string of the molecule is COCc1cc(-c2ccc3nc(Nc4cc(CN5CCN(C(=O)C6CC6)CC5)ccn4)[nH]c3c2)ncn1. The highest BCUT2D eigenvalue weighted by atomic mass is 16.5. The maximum Gasteiger partial charge on any atom is 0.225 e. The van der Waals surface area contributed by atoms with Crippen LogP contribution in [0.15, 0.2) is 48.9 Å². The Morgan fingerprint density at radius 1 is 1.08 bits per heavy atom. The van der Waals surface area contributed by atoms with Crippen molar-refractivity contribution in [2.75, 3.05) is 38.6 Å². The lowest BCUT2D eigenvalue weighted by Crippen LogP contribution is -2.48. The van der Waals surface area contributed by atoms with Crippen molar-refractivity contribution >= 4 is 28.7 Å². The number of benzene rings is 1. The lowest BCUT2D eigenvalue weighted by Gasteiger charge is -2.34. The predicted molar refractivity (Wildman–Crippen MR) is 140 cm³/mol. The largest absolute Gasteiger partial charge is 0.378 e. The number of imidazole rings is 1. The van der Waals surface area contributed by atoms with Crippen molar-refractivity contribution in [3.8, 4) is 11.3 Å². The minimum absolute atomic E-state index is 0.297. The Morgan fingerprint density at radius 3 is 2.76 bits per heavy atom. The molecule has 3 aromatic heterocycles. The van der Waals surface area contributed by atoms with Crippen molar-refractivity contribution in [3.63, 3.8) is 0 Å². The number of H-pyrrole nitrogens is 1. The Labute approximate surface area is 215 Å². The van der Waals surface area contributed by atoms with E-state index in [-0.39, 0.29) is 0 Å². The summed E-state index contributed by atoms with van der Waals surface area (Å²) in [4.78, 5) is 37.9. The van der Waals surface area contributed by atoms with Crippen molar-refractivity contribution in [2.24, 2.45) is 5.92 Å². The number of aromatic nitrogens is 5. The molecule has 1 saturated carbocycles. The number of anilines is 2. The number of ether oxygens (including phenoxy) is 1. The van der Waals surface area contributed by atoms with E-state index < -0.39 is 0 Å². The van der Waals surface area contributed by atoms with Crippen LogP contribution in [0.2, 0.25) is 0 Å². The second-order valence-electron chi connectivity index (χ2n) is 9.69. The fourth-order valence-corrected chi connectivity index (χ4v) is 4.75. The van der Waals surface area contributed by atoms with Gasteiger partial charge in [-0.2, -0.15) is 0 Å². The van der Waals surface area contributed by atoms with Gasteiger partial charge in [-0.1, -0.05) is 6.07 Å². The van der Waals surface area contributed by atoms with Crippen molar-refractivity contribution in [3.05, 3.63) is 60.2 Å². The number of hydrogen-bond acceptors (Lipinski definition) is 8. The molecule has 6 rings (SSSR count). The third-order valence-corrected chi connectivity index (χ3v) is 6.88. The molecule has 0 atom stereocenters. The van der Waals surface area contributed by atoms with Gasteiger partial charge in [0.25, 0.3) is 0 Å². The van der Waals surface area contributed by atoms with Gasteiger partial charge in [0.2, 0.25) is 11.9 Å². The van der Waals surface area contributed by atoms with Crippen LogP contribution in [0.25, 0.3) is 22.3 Å². The summed E-state index contributed by atoms with van der Waals surface area (Å²) in [6, 6.07) is 12.0. The Bertz CT molecular complexity index is 1410. The molecule has 0 bridgehead atoms. The first-order valence-electron chi connectivity index (χ1n) is 12.7. The third kappa shape index (κ3) is 5.45. The maximum absolute atomic E-state index is 12.3. The molecule has 0 radical (unpaired) electrons. The summed E-state index contributed by atoms with van der Waals surface area (Å²) in [7, 11) is 1.65. The fraction of sp³-hybridized carbons (Fsp3) is 0.370. The van der Waals surface area contributed by atoms with Gasteiger partial charge < -0.3 is 19.9 Å². The summed E-state index contributed by atoms with van der Waals surface area (Å²) < 4.78 is 5.18. The maximum atomic E-state index is 12.3. The van der Waals surface area contributed by atoms with Crippen molar-refractivity contribution in [1.29, 1.82) is 0 Å². The number of fused-ring (bicyclic) bond motifs is 1. The average Bonchev–Trinajstić information content (AvgIpc) is 3.69. The molecule has 2 aliphatic rings. The lowest BCUT2D eigenvalue weighted by atomic mass is 10.1. The molecule has 2 N–H and O–H groups in total. The quantitative estimate of drug-likeness (QED) is 0.380. The molecule has 10 heteroatoms. The minimum atomic E-state index is 0.297. The van der Waals surface area contributed by atoms with Crippen LogP contribution in [-0.2, 0) is 22.7 Å². The number of rotatable bonds is 8. The Hall–Kier alpha value is -3.89. The average molecular weight is 499 g/mol. The summed E-state index contributed by atoms with van der Waals surface area (Å²) in [5.74, 6) is 2.01. The fourth-order valence-electron chi connectivity index (χ4n) is 4.75. The van der Waals surface area contributed by atoms with Crippen LogP contribution in [0.1, 0.15) is 24.1 Å². The van der Waals surface area contributed by atoms with E-state index >= 15 is 0 Å². The molecule has 1 aromatic carbocycles. The molecule has 4 heterocycles. The van der Waals surface area contributed by atoms with Crippen molar-refractivity contribution in [1.82, 2.24) is 34.7 Å². The van der Waals surface area contributed by atoms with Crippen molar-refractivity contribution < 1.29 is 9.53 Å². The Morgan fingerprint density at radius 2 is 1.95 bits per heavy atom. The zero-order valence-electron chi connectivity index (χ0n) is 20.9. The number of aromatic amines is 1. The molecule has 37 heavy (non-hydrogen) atoms. The number of nitrogens with zero attached hydrogens (tertiary/aromatic N) is 6. The summed E-state index contributed by atoms with van der Waals surface area (Å²) in [6.45, 7) is 4.70. The molecule has 1 aliphatic carbocycles. The standard InChI is InChI=1S/C27H30N8O2/c1-37-16-21-14-23(30-17-29-21)20-4-5-22-24(13-20)32-27(31-22)33-25-12-18(6-7-28-25)15-34-8-10-35(11-9-34)26(36)19-2-3-19/h4-7,12-14,17,19H,2-3,8-11,15-16H2,1H3,(H2,28,31,32,33). The molecule has 1 saturated heterocycles. The van der Waals surface area contributed by atoms with Crippen LogP contribution in [0.3, 0.4) is 0 Å². The summed E-state index contributed by atoms with van der Waals surface area (Å²) in [6.07, 6.45) is 5.50. The second kappa shape index (κ2) is 10.2. The highest BCUT2D eigenvalue weighted by molar-refractivity contribution is 5.83. The van der Waals surface area contributed by atoms with Gasteiger partial charge in [-0.05, 0) is 48.7 Å². The monoisotopic (exact) mass is 498 g/mol. The Kier molecular flexibility index (Phi) is 6.50. The van der Waals surface area contributed by atoms with Gasteiger partial charge >= 0.3 is 0 Å². The van der Waals surface area contributed by atoms with E-state index in [1.54, 1.807) is 13.4 Å². The highest BCUT2D eigenvalue weighted by Gasteiger charge is 2.34. The third-order valence-electron chi connectivity index (χ3n) is 6.88. The van der Waals surface area contributed by atoms with Crippen LogP contribution in [0, 0.1) is 5.92 Å². The molecular formula is C27H30N8O2. The number of piperazine rings is 1. The second-order valence-corrected chi connectivity index (χ2v) is 9.69. The van der Waals surface area contributed by atoms with E-state index in [0.717, 1.165) is 79.4 Å². The van der Waals surface area contributed by atoms with E-state index in [1.165, 1.54) is 5.56 Å². The minimum Gasteiger partial charge on any atom is -0.378 e. The summed E-state index contributed by atoms with van der Waals surface area (Å²) in [5, 5.41) is 3.31. The zero-order valence-corrected chi connectivity index (χ0v) is 20.9. The topological polar surface area (TPSA) is 112 Å². The van der Waals surface area contributed by atoms with E-state index in [9.17, 15) is 4.79 Å². The Balaban J connectivity index is 1.11. The smallest absolute Gasteiger partial charge is 0.225 e. The van der Waals surface area contributed by atoms with Gasteiger partial charge in [0.05, 0.1) is 29.0 Å². The number of amides is 1. The molecule has 1 amide bonds. The first-order valence-corrected chi connectivity index (χ1v) is 12.7. The van der Waals surface area contributed by atoms with E-state index in [2.05, 4.69) is 41.2 Å². The summed E-state index contributed by atoms with van der Waals surface area (Å²) in [5.41, 5.74) is 5.57. The number of hydrogen-bond donors (Lipinski definition) is 2. The molecule has 10 nitrogen and oxygen atoms in total. The van der Waals surface area contributed by atoms with Crippen LogP contribution in [0.5, 0.6) is 0 Å². The molecular weight excluding hydrogens is 468 g/mol. The summed E-state index contributed by atoms with van der Waals surface area (Å²) >= 11 is 0. The molecule has 190 valence electrons. The molecule has 2 fully saturated rings. The van der Waals surface area contributed by atoms with Gasteiger partial charge in [-0.25, -0.2) is 19.9 Å². The van der Waals surface area contributed by atoms with E-state index in [4.69, 9.17) is 4.74 Å². The van der Waals surface area contributed by atoms with Crippen LogP contribution in [-0.4, -0.2) is 73.9 Å². The predicted octanol–water partition coefficient (Wildman–Crippen LogP) is 3.36. The van der Waals surface area contributed by atoms with Crippen LogP contribution in [0.4, 0.5) is 11.8 Å².